The molecule has 0 aromatic rings. The molecule has 0 saturated heterocycles. The van der Waals surface area contributed by atoms with E-state index >= 15 is 0 Å². The van der Waals surface area contributed by atoms with E-state index in [1.165, 1.54) is 6.92 Å². The summed E-state index contributed by atoms with van der Waals surface area (Å²) in [7, 11) is 0. The second kappa shape index (κ2) is 6.71. The molecule has 5 heteroatoms. The van der Waals surface area contributed by atoms with Crippen LogP contribution in [-0.2, 0) is 19.0 Å². The summed E-state index contributed by atoms with van der Waals surface area (Å²) in [5, 5.41) is 0. The van der Waals surface area contributed by atoms with Gasteiger partial charge in [-0.15, -0.1) is 0 Å². The molecule has 0 radical (unpaired) electrons. The van der Waals surface area contributed by atoms with Crippen molar-refractivity contribution in [3.63, 3.8) is 0 Å². The van der Waals surface area contributed by atoms with Crippen molar-refractivity contribution in [2.45, 2.75) is 6.92 Å². The van der Waals surface area contributed by atoms with E-state index in [-0.39, 0.29) is 13.2 Å². The van der Waals surface area contributed by atoms with Crippen molar-refractivity contribution in [1.82, 2.24) is 0 Å². The minimum atomic E-state index is -0.883. The van der Waals surface area contributed by atoms with Gasteiger partial charge in [0.15, 0.2) is 0 Å². The highest BCUT2D eigenvalue weighted by atomic mass is 16.7. The first-order valence-electron chi connectivity index (χ1n) is 3.85. The number of esters is 1. The van der Waals surface area contributed by atoms with Gasteiger partial charge >= 0.3 is 12.1 Å². The average Bonchev–Trinajstić information content (AvgIpc) is 2.12. The molecule has 0 rings (SSSR count). The zero-order valence-electron chi connectivity index (χ0n) is 7.95. The Bertz CT molecular complexity index is 244. The fourth-order valence-corrected chi connectivity index (χ4v) is 0.485. The average molecular weight is 200 g/mol. The maximum absolute atomic E-state index is 10.8. The van der Waals surface area contributed by atoms with E-state index in [2.05, 4.69) is 27.4 Å². The summed E-state index contributed by atoms with van der Waals surface area (Å²) in [5.41, 5.74) is 0.290. The number of carbonyl (C=O) groups is 2. The summed E-state index contributed by atoms with van der Waals surface area (Å²) in [4.78, 5) is 21.4. The van der Waals surface area contributed by atoms with Crippen LogP contribution in [0.3, 0.4) is 0 Å². The number of carbonyl (C=O) groups excluding carboxylic acids is 2. The van der Waals surface area contributed by atoms with Gasteiger partial charge in [0.2, 0.25) is 0 Å². The summed E-state index contributed by atoms with van der Waals surface area (Å²) in [6.07, 6.45) is 0.0637. The van der Waals surface area contributed by atoms with E-state index in [0.717, 1.165) is 6.26 Å². The summed E-state index contributed by atoms with van der Waals surface area (Å²) in [5.74, 6) is -0.523. The van der Waals surface area contributed by atoms with Crippen molar-refractivity contribution in [3.05, 3.63) is 25.0 Å². The molecular weight excluding hydrogens is 188 g/mol. The lowest BCUT2D eigenvalue weighted by Crippen LogP contribution is -2.13. The van der Waals surface area contributed by atoms with E-state index in [4.69, 9.17) is 0 Å². The maximum atomic E-state index is 10.8. The van der Waals surface area contributed by atoms with E-state index in [1.807, 2.05) is 0 Å². The minimum Gasteiger partial charge on any atom is -0.459 e. The van der Waals surface area contributed by atoms with Crippen molar-refractivity contribution >= 4 is 12.1 Å². The van der Waals surface area contributed by atoms with Crippen LogP contribution in [0.25, 0.3) is 0 Å². The van der Waals surface area contributed by atoms with Crippen LogP contribution in [0, 0.1) is 0 Å². The van der Waals surface area contributed by atoms with E-state index in [1.54, 1.807) is 0 Å². The molecule has 0 heterocycles. The minimum absolute atomic E-state index is 0.0298. The molecular formula is C9H12O5. The van der Waals surface area contributed by atoms with Gasteiger partial charge in [0.1, 0.15) is 13.2 Å². The van der Waals surface area contributed by atoms with Gasteiger partial charge in [-0.1, -0.05) is 13.2 Å². The molecule has 0 spiro atoms. The second-order valence-corrected chi connectivity index (χ2v) is 2.30. The molecule has 0 aromatic heterocycles. The number of hydrogen-bond donors (Lipinski definition) is 0. The van der Waals surface area contributed by atoms with Gasteiger partial charge < -0.3 is 14.2 Å². The third-order valence-electron chi connectivity index (χ3n) is 1.06. The molecule has 0 N–H and O–H groups in total. The molecule has 0 aliphatic heterocycles. The molecule has 0 fully saturated rings. The molecule has 0 aliphatic carbocycles. The van der Waals surface area contributed by atoms with Gasteiger partial charge in [0, 0.05) is 5.57 Å². The first kappa shape index (κ1) is 12.2. The Morgan fingerprint density at radius 1 is 1.29 bits per heavy atom. The highest BCUT2D eigenvalue weighted by Gasteiger charge is 2.04. The monoisotopic (exact) mass is 200 g/mol. The molecule has 0 aliphatic rings. The number of rotatable bonds is 5. The molecule has 0 amide bonds. The van der Waals surface area contributed by atoms with Crippen LogP contribution in [0.1, 0.15) is 6.92 Å². The predicted octanol–water partition coefficient (Wildman–Crippen LogP) is 1.40. The fourth-order valence-electron chi connectivity index (χ4n) is 0.485. The molecule has 0 aromatic carbocycles. The third kappa shape index (κ3) is 5.82. The Morgan fingerprint density at radius 2 is 1.86 bits per heavy atom. The highest BCUT2D eigenvalue weighted by Crippen LogP contribution is 1.92. The predicted molar refractivity (Wildman–Crippen MR) is 48.4 cm³/mol. The number of ether oxygens (including phenoxy) is 3. The van der Waals surface area contributed by atoms with Crippen molar-refractivity contribution in [2.24, 2.45) is 0 Å². The van der Waals surface area contributed by atoms with E-state index in [9.17, 15) is 9.59 Å². The zero-order chi connectivity index (χ0) is 11.0. The smallest absolute Gasteiger partial charge is 0.459 e. The van der Waals surface area contributed by atoms with Crippen LogP contribution in [0.15, 0.2) is 25.0 Å². The maximum Gasteiger partial charge on any atom is 0.513 e. The summed E-state index contributed by atoms with van der Waals surface area (Å²) in [6, 6.07) is 0. The van der Waals surface area contributed by atoms with Crippen LogP contribution >= 0.6 is 0 Å². The first-order valence-corrected chi connectivity index (χ1v) is 3.85. The second-order valence-electron chi connectivity index (χ2n) is 2.30. The SMILES string of the molecule is C=COC(=O)OCCOC(=O)C(=C)C. The molecule has 78 valence electrons. The normalized spacial score (nSPS) is 8.64. The lowest BCUT2D eigenvalue weighted by Gasteiger charge is -2.04. The van der Waals surface area contributed by atoms with E-state index in [0.29, 0.717) is 5.57 Å². The van der Waals surface area contributed by atoms with Crippen molar-refractivity contribution in [1.29, 1.82) is 0 Å². The van der Waals surface area contributed by atoms with Crippen molar-refractivity contribution < 1.29 is 23.8 Å². The van der Waals surface area contributed by atoms with Gasteiger partial charge in [-0.2, -0.15) is 0 Å². The van der Waals surface area contributed by atoms with Gasteiger partial charge in [-0.05, 0) is 6.92 Å². The zero-order valence-corrected chi connectivity index (χ0v) is 7.95. The standard InChI is InChI=1S/C9H12O5/c1-4-12-9(11)14-6-5-13-8(10)7(2)3/h4H,1-2,5-6H2,3H3. The first-order chi connectivity index (χ1) is 6.57. The van der Waals surface area contributed by atoms with Crippen LogP contribution in [0.5, 0.6) is 0 Å². The van der Waals surface area contributed by atoms with Gasteiger partial charge in [-0.3, -0.25) is 0 Å². The van der Waals surface area contributed by atoms with Crippen molar-refractivity contribution in [2.75, 3.05) is 13.2 Å². The van der Waals surface area contributed by atoms with Crippen molar-refractivity contribution in [3.8, 4) is 0 Å². The summed E-state index contributed by atoms with van der Waals surface area (Å²) >= 11 is 0. The topological polar surface area (TPSA) is 61.8 Å². The van der Waals surface area contributed by atoms with Gasteiger partial charge in [0.05, 0.1) is 6.26 Å². The molecule has 0 bridgehead atoms. The molecule has 14 heavy (non-hydrogen) atoms. The lowest BCUT2D eigenvalue weighted by atomic mass is 10.4. The Hall–Kier alpha value is -1.78. The largest absolute Gasteiger partial charge is 0.513 e. The molecule has 0 atom stereocenters. The Kier molecular flexibility index (Phi) is 5.85. The Morgan fingerprint density at radius 3 is 2.36 bits per heavy atom. The summed E-state index contributed by atoms with van der Waals surface area (Å²) < 4.78 is 13.3. The van der Waals surface area contributed by atoms with Gasteiger partial charge in [-0.25, -0.2) is 9.59 Å². The quantitative estimate of drug-likeness (QED) is 0.290. The molecule has 5 nitrogen and oxygen atoms in total. The van der Waals surface area contributed by atoms with Crippen LogP contribution in [0.4, 0.5) is 4.79 Å². The molecule has 0 saturated carbocycles. The summed E-state index contributed by atoms with van der Waals surface area (Å²) in [6.45, 7) is 7.97. The van der Waals surface area contributed by atoms with E-state index < -0.39 is 12.1 Å². The number of hydrogen-bond acceptors (Lipinski definition) is 5. The van der Waals surface area contributed by atoms with Crippen LogP contribution in [-0.4, -0.2) is 25.3 Å². The van der Waals surface area contributed by atoms with Crippen LogP contribution in [0.2, 0.25) is 0 Å². The lowest BCUT2D eigenvalue weighted by molar-refractivity contribution is -0.140. The highest BCUT2D eigenvalue weighted by molar-refractivity contribution is 5.86. The Balaban J connectivity index is 3.47. The fraction of sp³-hybridized carbons (Fsp3) is 0.333. The third-order valence-corrected chi connectivity index (χ3v) is 1.06. The Labute approximate surface area is 81.9 Å². The van der Waals surface area contributed by atoms with Crippen LogP contribution < -0.4 is 0 Å². The van der Waals surface area contributed by atoms with Gasteiger partial charge in [0.25, 0.3) is 0 Å². The molecule has 0 unspecified atom stereocenters.